The largest absolute Gasteiger partial charge is 0.497 e. The summed E-state index contributed by atoms with van der Waals surface area (Å²) in [4.78, 5) is 28.2. The molecule has 0 aromatic heterocycles. The molecule has 0 fully saturated rings. The number of nitrogens with zero attached hydrogens (tertiary/aromatic N) is 2. The van der Waals surface area contributed by atoms with Crippen LogP contribution in [0.5, 0.6) is 5.75 Å². The number of unbranched alkanes of at least 4 members (excludes halogenated alkanes) is 1. The number of carbonyl (C=O) groups excluding carboxylic acids is 2. The number of aryl methyl sites for hydroxylation is 1. The normalized spacial score (nSPS) is 12.1. The lowest BCUT2D eigenvalue weighted by Crippen LogP contribution is -2.49. The molecule has 8 nitrogen and oxygen atoms in total. The molecule has 0 saturated heterocycles. The highest BCUT2D eigenvalue weighted by molar-refractivity contribution is 7.92. The maximum absolute atomic E-state index is 13.6. The Bertz CT molecular complexity index is 1180. The summed E-state index contributed by atoms with van der Waals surface area (Å²) in [5.41, 5.74) is 3.36. The van der Waals surface area contributed by atoms with Crippen molar-refractivity contribution < 1.29 is 22.7 Å². The number of anilines is 1. The number of carbonyl (C=O) groups is 2. The Morgan fingerprint density at radius 2 is 1.76 bits per heavy atom. The number of sulfonamides is 1. The molecule has 0 unspecified atom stereocenters. The molecule has 0 saturated carbocycles. The Labute approximate surface area is 228 Å². The van der Waals surface area contributed by atoms with Crippen molar-refractivity contribution in [2.75, 3.05) is 30.8 Å². The molecule has 9 heteroatoms. The summed E-state index contributed by atoms with van der Waals surface area (Å²) in [5.74, 6) is 0.303. The van der Waals surface area contributed by atoms with Crippen LogP contribution in [0.3, 0.4) is 0 Å². The number of ether oxygens (including phenoxy) is 1. The van der Waals surface area contributed by atoms with Crippen molar-refractivity contribution in [2.45, 2.75) is 72.4 Å². The molecule has 2 aromatic carbocycles. The molecule has 2 rings (SSSR count). The molecule has 0 aliphatic heterocycles. The first-order valence-electron chi connectivity index (χ1n) is 13.3. The minimum Gasteiger partial charge on any atom is -0.497 e. The first kappa shape index (κ1) is 31.1. The second-order valence-electron chi connectivity index (χ2n) is 9.60. The van der Waals surface area contributed by atoms with Crippen LogP contribution in [0.15, 0.2) is 42.5 Å². The van der Waals surface area contributed by atoms with Crippen LogP contribution in [-0.2, 0) is 26.2 Å². The van der Waals surface area contributed by atoms with Gasteiger partial charge in [-0.3, -0.25) is 13.9 Å². The van der Waals surface area contributed by atoms with Gasteiger partial charge < -0.3 is 15.0 Å². The number of nitrogens with one attached hydrogen (secondary N) is 1. The van der Waals surface area contributed by atoms with Crippen LogP contribution in [0, 0.1) is 13.8 Å². The number of amides is 2. The lowest BCUT2D eigenvalue weighted by atomic mass is 10.1. The molecule has 0 bridgehead atoms. The fourth-order valence-corrected chi connectivity index (χ4v) is 5.40. The van der Waals surface area contributed by atoms with Crippen molar-refractivity contribution in [3.63, 3.8) is 0 Å². The molecule has 1 atom stereocenters. The number of rotatable bonds is 15. The first-order valence-corrected chi connectivity index (χ1v) is 15.1. The third-order valence-corrected chi connectivity index (χ3v) is 7.88. The van der Waals surface area contributed by atoms with Crippen molar-refractivity contribution >= 4 is 27.5 Å². The average molecular weight is 546 g/mol. The highest BCUT2D eigenvalue weighted by atomic mass is 32.2. The van der Waals surface area contributed by atoms with E-state index in [0.29, 0.717) is 30.8 Å². The van der Waals surface area contributed by atoms with E-state index in [1.807, 2.05) is 57.2 Å². The monoisotopic (exact) mass is 545 g/mol. The van der Waals surface area contributed by atoms with Gasteiger partial charge in [-0.15, -0.1) is 0 Å². The Hall–Kier alpha value is -3.07. The highest BCUT2D eigenvalue weighted by Gasteiger charge is 2.29. The fraction of sp³-hybridized carbons (Fsp3) is 0.517. The van der Waals surface area contributed by atoms with Crippen LogP contribution >= 0.6 is 0 Å². The Kier molecular flexibility index (Phi) is 12.1. The van der Waals surface area contributed by atoms with Gasteiger partial charge in [-0.2, -0.15) is 0 Å². The van der Waals surface area contributed by atoms with Gasteiger partial charge in [0, 0.05) is 26.1 Å². The predicted molar refractivity (Wildman–Crippen MR) is 153 cm³/mol. The van der Waals surface area contributed by atoms with Crippen LogP contribution in [0.4, 0.5) is 5.69 Å². The fourth-order valence-electron chi connectivity index (χ4n) is 4.38. The lowest BCUT2D eigenvalue weighted by Gasteiger charge is -2.31. The lowest BCUT2D eigenvalue weighted by molar-refractivity contribution is -0.141. The number of hydrogen-bond acceptors (Lipinski definition) is 5. The Balaban J connectivity index is 2.25. The van der Waals surface area contributed by atoms with Gasteiger partial charge in [-0.05, 0) is 68.0 Å². The molecule has 38 heavy (non-hydrogen) atoms. The van der Waals surface area contributed by atoms with Gasteiger partial charge >= 0.3 is 0 Å². The summed E-state index contributed by atoms with van der Waals surface area (Å²) in [6.45, 7) is 8.76. The number of hydrogen-bond donors (Lipinski definition) is 1. The van der Waals surface area contributed by atoms with Gasteiger partial charge in [-0.25, -0.2) is 8.42 Å². The van der Waals surface area contributed by atoms with Crippen LogP contribution < -0.4 is 14.4 Å². The molecular weight excluding hydrogens is 502 g/mol. The van der Waals surface area contributed by atoms with E-state index in [-0.39, 0.29) is 31.3 Å². The van der Waals surface area contributed by atoms with Crippen molar-refractivity contribution in [3.8, 4) is 5.75 Å². The van der Waals surface area contributed by atoms with E-state index < -0.39 is 16.1 Å². The number of methoxy groups -OCH3 is 1. The molecule has 1 N–H and O–H groups in total. The molecule has 0 radical (unpaired) electrons. The topological polar surface area (TPSA) is 96.0 Å². The summed E-state index contributed by atoms with van der Waals surface area (Å²) in [7, 11) is -1.96. The summed E-state index contributed by atoms with van der Waals surface area (Å²) in [5, 5.41) is 2.96. The molecule has 0 spiro atoms. The zero-order chi connectivity index (χ0) is 28.3. The third-order valence-electron chi connectivity index (χ3n) is 6.70. The standard InChI is InChI=1S/C29H43N3O5S/c1-7-9-18-30-29(34)26(8-2)31(21-24-14-11-15-25(20-24)37-5)28(33)17-12-19-32(38(6,35)36)27-16-10-13-22(3)23(27)4/h10-11,13-16,20,26H,7-9,12,17-19,21H2,1-6H3,(H,30,34)/t26-/m1/s1. The molecule has 0 aliphatic carbocycles. The van der Waals surface area contributed by atoms with E-state index in [0.717, 1.165) is 29.5 Å². The van der Waals surface area contributed by atoms with Crippen LogP contribution in [0.1, 0.15) is 62.6 Å². The van der Waals surface area contributed by atoms with E-state index in [2.05, 4.69) is 12.2 Å². The van der Waals surface area contributed by atoms with Gasteiger partial charge in [0.25, 0.3) is 0 Å². The average Bonchev–Trinajstić information content (AvgIpc) is 2.88. The second kappa shape index (κ2) is 14.8. The van der Waals surface area contributed by atoms with Crippen LogP contribution in [0.25, 0.3) is 0 Å². The smallest absolute Gasteiger partial charge is 0.242 e. The van der Waals surface area contributed by atoms with Gasteiger partial charge in [0.05, 0.1) is 19.1 Å². The molecular formula is C29H43N3O5S. The van der Waals surface area contributed by atoms with Crippen molar-refractivity contribution in [3.05, 3.63) is 59.2 Å². The van der Waals surface area contributed by atoms with E-state index in [4.69, 9.17) is 4.74 Å². The molecule has 210 valence electrons. The zero-order valence-corrected chi connectivity index (χ0v) is 24.4. The minimum absolute atomic E-state index is 0.111. The van der Waals surface area contributed by atoms with Gasteiger partial charge in [0.1, 0.15) is 11.8 Å². The summed E-state index contributed by atoms with van der Waals surface area (Å²) in [6, 6.07) is 12.4. The van der Waals surface area contributed by atoms with Crippen molar-refractivity contribution in [2.24, 2.45) is 0 Å². The SMILES string of the molecule is CCCCNC(=O)[C@@H](CC)N(Cc1cccc(OC)c1)C(=O)CCCN(c1cccc(C)c1C)S(C)(=O)=O. The van der Waals surface area contributed by atoms with E-state index in [9.17, 15) is 18.0 Å². The van der Waals surface area contributed by atoms with Gasteiger partial charge in [0.2, 0.25) is 21.8 Å². The van der Waals surface area contributed by atoms with E-state index in [1.54, 1.807) is 18.1 Å². The predicted octanol–water partition coefficient (Wildman–Crippen LogP) is 4.58. The maximum atomic E-state index is 13.6. The zero-order valence-electron chi connectivity index (χ0n) is 23.6. The van der Waals surface area contributed by atoms with Crippen LogP contribution in [0.2, 0.25) is 0 Å². The van der Waals surface area contributed by atoms with E-state index in [1.165, 1.54) is 10.6 Å². The molecule has 0 heterocycles. The second-order valence-corrected chi connectivity index (χ2v) is 11.5. The maximum Gasteiger partial charge on any atom is 0.242 e. The van der Waals surface area contributed by atoms with Gasteiger partial charge in [0.15, 0.2) is 0 Å². The van der Waals surface area contributed by atoms with Crippen molar-refractivity contribution in [1.82, 2.24) is 10.2 Å². The molecule has 2 amide bonds. The van der Waals surface area contributed by atoms with Crippen molar-refractivity contribution in [1.29, 1.82) is 0 Å². The Morgan fingerprint density at radius 1 is 1.05 bits per heavy atom. The first-order chi connectivity index (χ1) is 18.0. The summed E-state index contributed by atoms with van der Waals surface area (Å²) < 4.78 is 32.0. The third kappa shape index (κ3) is 8.75. The molecule has 2 aromatic rings. The van der Waals surface area contributed by atoms with Crippen LogP contribution in [-0.4, -0.2) is 57.6 Å². The van der Waals surface area contributed by atoms with E-state index >= 15 is 0 Å². The summed E-state index contributed by atoms with van der Waals surface area (Å²) >= 11 is 0. The Morgan fingerprint density at radius 3 is 2.39 bits per heavy atom. The van der Waals surface area contributed by atoms with Gasteiger partial charge in [-0.1, -0.05) is 44.5 Å². The quantitative estimate of drug-likeness (QED) is 0.331. The highest BCUT2D eigenvalue weighted by Crippen LogP contribution is 2.26. The molecule has 0 aliphatic rings. The minimum atomic E-state index is -3.55. The number of benzene rings is 2. The summed E-state index contributed by atoms with van der Waals surface area (Å²) in [6.07, 6.45) is 3.90.